The van der Waals surface area contributed by atoms with Crippen molar-refractivity contribution in [2.24, 2.45) is 0 Å². The van der Waals surface area contributed by atoms with Crippen LogP contribution in [-0.4, -0.2) is 38.1 Å². The van der Waals surface area contributed by atoms with Crippen molar-refractivity contribution in [3.05, 3.63) is 53.6 Å². The molecule has 0 saturated carbocycles. The number of ether oxygens (including phenoxy) is 4. The maximum absolute atomic E-state index is 5.87. The minimum Gasteiger partial charge on any atom is -0.496 e. The molecule has 0 aliphatic carbocycles. The third-order valence-corrected chi connectivity index (χ3v) is 4.90. The zero-order valence-corrected chi connectivity index (χ0v) is 15.1. The Kier molecular flexibility index (Phi) is 5.27. The van der Waals surface area contributed by atoms with Crippen LogP contribution in [0.15, 0.2) is 42.5 Å². The first-order chi connectivity index (χ1) is 12.8. The number of benzene rings is 2. The Morgan fingerprint density at radius 2 is 1.88 bits per heavy atom. The predicted molar refractivity (Wildman–Crippen MR) is 98.6 cm³/mol. The van der Waals surface area contributed by atoms with Gasteiger partial charge in [-0.25, -0.2) is 0 Å². The van der Waals surface area contributed by atoms with Gasteiger partial charge in [0.15, 0.2) is 11.5 Å². The summed E-state index contributed by atoms with van der Waals surface area (Å²) in [5.74, 6) is 2.37. The summed E-state index contributed by atoms with van der Waals surface area (Å²) in [4.78, 5) is 2.42. The molecule has 2 aliphatic rings. The number of hydrogen-bond acceptors (Lipinski definition) is 5. The van der Waals surface area contributed by atoms with Crippen molar-refractivity contribution in [2.45, 2.75) is 32.0 Å². The molecular weight excluding hydrogens is 330 g/mol. The van der Waals surface area contributed by atoms with E-state index < -0.39 is 0 Å². The number of nitrogens with zero attached hydrogens (tertiary/aromatic N) is 1. The molecule has 5 nitrogen and oxygen atoms in total. The molecule has 2 heterocycles. The number of fused-ring (bicyclic) bond motifs is 1. The van der Waals surface area contributed by atoms with Gasteiger partial charge in [0.25, 0.3) is 0 Å². The van der Waals surface area contributed by atoms with E-state index in [1.165, 1.54) is 5.56 Å². The van der Waals surface area contributed by atoms with Gasteiger partial charge in [0.2, 0.25) is 6.79 Å². The summed E-state index contributed by atoms with van der Waals surface area (Å²) in [5.41, 5.74) is 2.40. The fourth-order valence-electron chi connectivity index (χ4n) is 3.62. The molecular formula is C21H25NO4. The molecule has 0 aromatic heterocycles. The highest BCUT2D eigenvalue weighted by atomic mass is 16.7. The Labute approximate surface area is 154 Å². The van der Waals surface area contributed by atoms with Crippen LogP contribution < -0.4 is 14.2 Å². The first-order valence-corrected chi connectivity index (χ1v) is 9.16. The van der Waals surface area contributed by atoms with Crippen molar-refractivity contribution >= 4 is 0 Å². The Bertz CT molecular complexity index is 728. The SMILES string of the molecule is COc1cc2c(cc1CN(Cc1ccccc1)C[C@H]1CCCO1)OCO2. The van der Waals surface area contributed by atoms with Crippen molar-refractivity contribution in [3.63, 3.8) is 0 Å². The van der Waals surface area contributed by atoms with Crippen LogP contribution in [0.1, 0.15) is 24.0 Å². The molecule has 4 rings (SSSR count). The minimum atomic E-state index is 0.269. The quantitative estimate of drug-likeness (QED) is 0.759. The molecule has 0 spiro atoms. The van der Waals surface area contributed by atoms with Crippen LogP contribution in [0.5, 0.6) is 17.2 Å². The highest BCUT2D eigenvalue weighted by molar-refractivity contribution is 5.51. The highest BCUT2D eigenvalue weighted by Crippen LogP contribution is 2.38. The largest absolute Gasteiger partial charge is 0.496 e. The Morgan fingerprint density at radius 3 is 2.62 bits per heavy atom. The molecule has 1 fully saturated rings. The molecule has 138 valence electrons. The molecule has 2 aliphatic heterocycles. The smallest absolute Gasteiger partial charge is 0.231 e. The van der Waals surface area contributed by atoms with Crippen LogP contribution in [0.3, 0.4) is 0 Å². The second-order valence-corrected chi connectivity index (χ2v) is 6.81. The summed E-state index contributed by atoms with van der Waals surface area (Å²) in [7, 11) is 1.70. The topological polar surface area (TPSA) is 40.2 Å². The number of methoxy groups -OCH3 is 1. The summed E-state index contributed by atoms with van der Waals surface area (Å²) in [6, 6.07) is 14.5. The van der Waals surface area contributed by atoms with Crippen LogP contribution in [0.25, 0.3) is 0 Å². The van der Waals surface area contributed by atoms with E-state index in [1.54, 1.807) is 7.11 Å². The first-order valence-electron chi connectivity index (χ1n) is 9.16. The van der Waals surface area contributed by atoms with Crippen LogP contribution in [-0.2, 0) is 17.8 Å². The summed E-state index contributed by atoms with van der Waals surface area (Å²) in [6.45, 7) is 3.70. The lowest BCUT2D eigenvalue weighted by Gasteiger charge is -2.26. The zero-order valence-electron chi connectivity index (χ0n) is 15.1. The molecule has 1 saturated heterocycles. The van der Waals surface area contributed by atoms with Crippen molar-refractivity contribution in [1.29, 1.82) is 0 Å². The Balaban J connectivity index is 1.55. The van der Waals surface area contributed by atoms with Gasteiger partial charge in [-0.05, 0) is 24.5 Å². The van der Waals surface area contributed by atoms with Crippen LogP contribution >= 0.6 is 0 Å². The monoisotopic (exact) mass is 355 g/mol. The maximum Gasteiger partial charge on any atom is 0.231 e. The molecule has 0 amide bonds. The van der Waals surface area contributed by atoms with Gasteiger partial charge in [0.1, 0.15) is 5.75 Å². The Hall–Kier alpha value is -2.24. The summed E-state index contributed by atoms with van der Waals surface area (Å²) in [6.07, 6.45) is 2.58. The molecule has 1 atom stereocenters. The van der Waals surface area contributed by atoms with Gasteiger partial charge >= 0.3 is 0 Å². The van der Waals surface area contributed by atoms with Gasteiger partial charge in [-0.3, -0.25) is 4.90 Å². The standard InChI is InChI=1S/C21H25NO4/c1-23-19-11-21-20(25-15-26-21)10-17(19)13-22(14-18-8-5-9-24-18)12-16-6-3-2-4-7-16/h2-4,6-7,10-11,18H,5,8-9,12-15H2,1H3/t18-/m1/s1. The maximum atomic E-state index is 5.87. The average Bonchev–Trinajstić information content (AvgIpc) is 3.33. The third kappa shape index (κ3) is 3.94. The van der Waals surface area contributed by atoms with E-state index in [0.29, 0.717) is 6.10 Å². The van der Waals surface area contributed by atoms with Gasteiger partial charge in [-0.15, -0.1) is 0 Å². The lowest BCUT2D eigenvalue weighted by molar-refractivity contribution is 0.0676. The second kappa shape index (κ2) is 7.98. The summed E-state index contributed by atoms with van der Waals surface area (Å²) < 4.78 is 22.5. The van der Waals surface area contributed by atoms with Crippen molar-refractivity contribution in [2.75, 3.05) is 27.1 Å². The number of rotatable bonds is 7. The lowest BCUT2D eigenvalue weighted by Crippen LogP contribution is -2.31. The van der Waals surface area contributed by atoms with E-state index in [0.717, 1.165) is 61.9 Å². The van der Waals surface area contributed by atoms with Crippen LogP contribution in [0.2, 0.25) is 0 Å². The van der Waals surface area contributed by atoms with E-state index in [4.69, 9.17) is 18.9 Å². The predicted octanol–water partition coefficient (Wildman–Crippen LogP) is 3.61. The van der Waals surface area contributed by atoms with E-state index in [-0.39, 0.29) is 6.79 Å². The zero-order chi connectivity index (χ0) is 17.8. The van der Waals surface area contributed by atoms with Gasteiger partial charge in [0, 0.05) is 37.9 Å². The van der Waals surface area contributed by atoms with E-state index >= 15 is 0 Å². The van der Waals surface area contributed by atoms with Gasteiger partial charge < -0.3 is 18.9 Å². The second-order valence-electron chi connectivity index (χ2n) is 6.81. The van der Waals surface area contributed by atoms with E-state index in [9.17, 15) is 0 Å². The fraction of sp³-hybridized carbons (Fsp3) is 0.429. The molecule has 0 unspecified atom stereocenters. The molecule has 0 bridgehead atoms. The van der Waals surface area contributed by atoms with Crippen molar-refractivity contribution < 1.29 is 18.9 Å². The molecule has 2 aromatic carbocycles. The van der Waals surface area contributed by atoms with Crippen molar-refractivity contribution in [3.8, 4) is 17.2 Å². The first kappa shape index (κ1) is 17.2. The fourth-order valence-corrected chi connectivity index (χ4v) is 3.62. The molecule has 0 N–H and O–H groups in total. The molecule has 2 aromatic rings. The van der Waals surface area contributed by atoms with Crippen LogP contribution in [0, 0.1) is 0 Å². The molecule has 0 radical (unpaired) electrons. The summed E-state index contributed by atoms with van der Waals surface area (Å²) >= 11 is 0. The lowest BCUT2D eigenvalue weighted by atomic mass is 10.1. The van der Waals surface area contributed by atoms with Crippen molar-refractivity contribution in [1.82, 2.24) is 4.90 Å². The van der Waals surface area contributed by atoms with Gasteiger partial charge in [0.05, 0.1) is 13.2 Å². The minimum absolute atomic E-state index is 0.269. The van der Waals surface area contributed by atoms with Crippen LogP contribution in [0.4, 0.5) is 0 Å². The van der Waals surface area contributed by atoms with E-state index in [1.807, 2.05) is 12.1 Å². The summed E-state index contributed by atoms with van der Waals surface area (Å²) in [5, 5.41) is 0. The highest BCUT2D eigenvalue weighted by Gasteiger charge is 2.23. The Morgan fingerprint density at radius 1 is 1.08 bits per heavy atom. The normalized spacial score (nSPS) is 18.5. The van der Waals surface area contributed by atoms with Gasteiger partial charge in [-0.1, -0.05) is 30.3 Å². The molecule has 5 heteroatoms. The van der Waals surface area contributed by atoms with E-state index in [2.05, 4.69) is 35.2 Å². The van der Waals surface area contributed by atoms with Gasteiger partial charge in [-0.2, -0.15) is 0 Å². The number of hydrogen-bond donors (Lipinski definition) is 0. The third-order valence-electron chi connectivity index (χ3n) is 4.90. The molecule has 26 heavy (non-hydrogen) atoms. The average molecular weight is 355 g/mol.